The molecule has 3 rings (SSSR count). The minimum atomic E-state index is -0.108. The van der Waals surface area contributed by atoms with Gasteiger partial charge in [0.25, 0.3) is 0 Å². The van der Waals surface area contributed by atoms with Crippen molar-refractivity contribution in [3.63, 3.8) is 0 Å². The molecular formula is C22H29ClN6O2S. The van der Waals surface area contributed by atoms with Crippen LogP contribution in [0, 0.1) is 5.92 Å². The lowest BCUT2D eigenvalue weighted by Crippen LogP contribution is -2.54. The second kappa shape index (κ2) is 11.5. The Morgan fingerprint density at radius 1 is 1.25 bits per heavy atom. The van der Waals surface area contributed by atoms with Gasteiger partial charge in [-0.1, -0.05) is 37.2 Å². The molecule has 2 aromatic heterocycles. The van der Waals surface area contributed by atoms with E-state index in [1.807, 2.05) is 17.0 Å². The Labute approximate surface area is 198 Å². The van der Waals surface area contributed by atoms with Crippen LogP contribution in [0.5, 0.6) is 0 Å². The fourth-order valence-corrected chi connectivity index (χ4v) is 4.41. The summed E-state index contributed by atoms with van der Waals surface area (Å²) in [5, 5.41) is 3.66. The zero-order valence-corrected chi connectivity index (χ0v) is 20.2. The number of aromatic nitrogens is 3. The Balaban J connectivity index is 1.55. The topological polar surface area (TPSA) is 91.3 Å². The molecule has 1 unspecified atom stereocenters. The van der Waals surface area contributed by atoms with Crippen molar-refractivity contribution in [3.05, 3.63) is 41.3 Å². The molecule has 0 aromatic carbocycles. The first-order chi connectivity index (χ1) is 15.3. The number of pyridine rings is 1. The third-order valence-electron chi connectivity index (χ3n) is 5.09. The first-order valence-corrected chi connectivity index (χ1v) is 12.1. The molecule has 1 aliphatic heterocycles. The summed E-state index contributed by atoms with van der Waals surface area (Å²) >= 11 is 7.48. The highest BCUT2D eigenvalue weighted by Crippen LogP contribution is 2.24. The number of nitrogens with zero attached hydrogens (tertiary/aromatic N) is 5. The number of anilines is 1. The Morgan fingerprint density at radius 2 is 2.00 bits per heavy atom. The van der Waals surface area contributed by atoms with Crippen LogP contribution in [0.2, 0.25) is 5.15 Å². The number of amides is 2. The molecule has 8 nitrogen and oxygen atoms in total. The number of thioether (sulfide) groups is 1. The van der Waals surface area contributed by atoms with Crippen LogP contribution < -0.4 is 10.2 Å². The van der Waals surface area contributed by atoms with Gasteiger partial charge in [-0.05, 0) is 30.5 Å². The second-order valence-electron chi connectivity index (χ2n) is 8.23. The summed E-state index contributed by atoms with van der Waals surface area (Å²) < 4.78 is 0. The number of nitrogens with one attached hydrogen (secondary N) is 1. The first-order valence-electron chi connectivity index (χ1n) is 10.7. The van der Waals surface area contributed by atoms with Crippen LogP contribution in [0.1, 0.15) is 32.8 Å². The van der Waals surface area contributed by atoms with E-state index < -0.39 is 0 Å². The molecule has 0 aliphatic carbocycles. The smallest absolute Gasteiger partial charge is 0.230 e. The number of hydrogen-bond donors (Lipinski definition) is 1. The molecule has 1 N–H and O–H groups in total. The molecule has 1 aliphatic rings. The number of rotatable bonds is 8. The van der Waals surface area contributed by atoms with E-state index in [0.29, 0.717) is 54.6 Å². The molecule has 0 radical (unpaired) electrons. The average molecular weight is 477 g/mol. The van der Waals surface area contributed by atoms with E-state index in [0.717, 1.165) is 5.56 Å². The van der Waals surface area contributed by atoms with E-state index in [1.165, 1.54) is 11.8 Å². The van der Waals surface area contributed by atoms with Gasteiger partial charge in [-0.25, -0.2) is 9.97 Å². The Bertz CT molecular complexity index is 930. The van der Waals surface area contributed by atoms with Crippen molar-refractivity contribution < 1.29 is 9.59 Å². The molecular weight excluding hydrogens is 448 g/mol. The molecule has 32 heavy (non-hydrogen) atoms. The monoisotopic (exact) mass is 476 g/mol. The number of carbonyl (C=O) groups is 2. The summed E-state index contributed by atoms with van der Waals surface area (Å²) in [6, 6.07) is 5.53. The van der Waals surface area contributed by atoms with Gasteiger partial charge in [0.05, 0.1) is 5.75 Å². The van der Waals surface area contributed by atoms with Crippen molar-refractivity contribution in [3.8, 4) is 0 Å². The molecule has 0 saturated carbocycles. The van der Waals surface area contributed by atoms with Crippen LogP contribution in [0.25, 0.3) is 0 Å². The van der Waals surface area contributed by atoms with E-state index in [2.05, 4.69) is 45.9 Å². The van der Waals surface area contributed by atoms with Gasteiger partial charge in [0.1, 0.15) is 11.0 Å². The van der Waals surface area contributed by atoms with Crippen LogP contribution in [0.3, 0.4) is 0 Å². The number of carbonyl (C=O) groups excluding carboxylic acids is 2. The van der Waals surface area contributed by atoms with Crippen LogP contribution >= 0.6 is 23.4 Å². The lowest BCUT2D eigenvalue weighted by atomic mass is 10.1. The van der Waals surface area contributed by atoms with Crippen molar-refractivity contribution in [1.82, 2.24) is 25.2 Å². The highest BCUT2D eigenvalue weighted by atomic mass is 35.5. The number of halogens is 1. The van der Waals surface area contributed by atoms with E-state index in [-0.39, 0.29) is 23.6 Å². The molecule has 2 amide bonds. The van der Waals surface area contributed by atoms with Gasteiger partial charge in [-0.3, -0.25) is 14.6 Å². The molecule has 0 spiro atoms. The largest absolute Gasteiger partial charge is 0.353 e. The van der Waals surface area contributed by atoms with E-state index in [4.69, 9.17) is 11.6 Å². The van der Waals surface area contributed by atoms with Crippen LogP contribution in [0.15, 0.2) is 35.7 Å². The minimum absolute atomic E-state index is 0.0822. The predicted molar refractivity (Wildman–Crippen MR) is 127 cm³/mol. The third-order valence-corrected chi connectivity index (χ3v) is 6.13. The molecule has 0 bridgehead atoms. The highest BCUT2D eigenvalue weighted by molar-refractivity contribution is 7.99. The fraction of sp³-hybridized carbons (Fsp3) is 0.500. The summed E-state index contributed by atoms with van der Waals surface area (Å²) in [5.74, 6) is 1.34. The summed E-state index contributed by atoms with van der Waals surface area (Å²) in [6.07, 6.45) is 3.95. The van der Waals surface area contributed by atoms with Crippen molar-refractivity contribution in [2.45, 2.75) is 44.9 Å². The van der Waals surface area contributed by atoms with Crippen molar-refractivity contribution >= 4 is 41.0 Å². The average Bonchev–Trinajstić information content (AvgIpc) is 2.76. The molecule has 1 saturated heterocycles. The van der Waals surface area contributed by atoms with Crippen molar-refractivity contribution in [2.24, 2.45) is 5.92 Å². The van der Waals surface area contributed by atoms with Gasteiger partial charge < -0.3 is 15.1 Å². The molecule has 1 atom stereocenters. The van der Waals surface area contributed by atoms with E-state index >= 15 is 0 Å². The van der Waals surface area contributed by atoms with E-state index in [1.54, 1.807) is 18.5 Å². The predicted octanol–water partition coefficient (Wildman–Crippen LogP) is 3.02. The van der Waals surface area contributed by atoms with Gasteiger partial charge in [0.2, 0.25) is 11.8 Å². The Morgan fingerprint density at radius 3 is 2.69 bits per heavy atom. The molecule has 2 aromatic rings. The SMILES string of the molecule is CC(C)CC(=O)N1CCN(c2cc(Cl)nc(SCC(=O)NCc3ccncc3)n2)CC1C. The van der Waals surface area contributed by atoms with Gasteiger partial charge in [0, 0.05) is 57.1 Å². The zero-order valence-electron chi connectivity index (χ0n) is 18.6. The van der Waals surface area contributed by atoms with Crippen molar-refractivity contribution in [2.75, 3.05) is 30.3 Å². The van der Waals surface area contributed by atoms with Gasteiger partial charge in [0.15, 0.2) is 5.16 Å². The first kappa shape index (κ1) is 24.3. The van der Waals surface area contributed by atoms with Crippen LogP contribution in [-0.2, 0) is 16.1 Å². The van der Waals surface area contributed by atoms with Crippen LogP contribution in [-0.4, -0.2) is 63.1 Å². The highest BCUT2D eigenvalue weighted by Gasteiger charge is 2.28. The summed E-state index contributed by atoms with van der Waals surface area (Å²) in [7, 11) is 0. The second-order valence-corrected chi connectivity index (χ2v) is 9.56. The maximum atomic E-state index is 12.5. The lowest BCUT2D eigenvalue weighted by Gasteiger charge is -2.40. The quantitative estimate of drug-likeness (QED) is 0.355. The van der Waals surface area contributed by atoms with E-state index in [9.17, 15) is 9.59 Å². The Hall–Kier alpha value is -2.39. The van der Waals surface area contributed by atoms with Crippen molar-refractivity contribution in [1.29, 1.82) is 0 Å². The van der Waals surface area contributed by atoms with Gasteiger partial charge in [-0.15, -0.1) is 0 Å². The number of hydrogen-bond acceptors (Lipinski definition) is 7. The molecule has 172 valence electrons. The summed E-state index contributed by atoms with van der Waals surface area (Å²) in [5.41, 5.74) is 0.986. The lowest BCUT2D eigenvalue weighted by molar-refractivity contribution is -0.134. The zero-order chi connectivity index (χ0) is 23.1. The van der Waals surface area contributed by atoms with Crippen LogP contribution in [0.4, 0.5) is 5.82 Å². The van der Waals surface area contributed by atoms with Gasteiger partial charge in [-0.2, -0.15) is 0 Å². The standard InChI is InChI=1S/C22H29ClN6O2S/c1-15(2)10-21(31)29-9-8-28(13-16(29)3)19-11-18(23)26-22(27-19)32-14-20(30)25-12-17-4-6-24-7-5-17/h4-7,11,15-16H,8-10,12-14H2,1-3H3,(H,25,30). The molecule has 1 fully saturated rings. The number of piperazine rings is 1. The fourth-order valence-electron chi connectivity index (χ4n) is 3.50. The Kier molecular flexibility index (Phi) is 8.69. The molecule has 3 heterocycles. The molecule has 10 heteroatoms. The maximum absolute atomic E-state index is 12.5. The normalized spacial score (nSPS) is 16.3. The summed E-state index contributed by atoms with van der Waals surface area (Å²) in [6.45, 7) is 8.61. The maximum Gasteiger partial charge on any atom is 0.230 e. The third kappa shape index (κ3) is 7.06. The minimum Gasteiger partial charge on any atom is -0.353 e. The van der Waals surface area contributed by atoms with Gasteiger partial charge >= 0.3 is 0 Å². The summed E-state index contributed by atoms with van der Waals surface area (Å²) in [4.78, 5) is 41.6.